The van der Waals surface area contributed by atoms with Crippen LogP contribution in [0.25, 0.3) is 0 Å². The number of rotatable bonds is 5. The molecule has 1 aromatic rings. The third-order valence-corrected chi connectivity index (χ3v) is 2.18. The molecule has 1 aromatic carbocycles. The van der Waals surface area contributed by atoms with Crippen molar-refractivity contribution in [2.75, 3.05) is 13.7 Å². The van der Waals surface area contributed by atoms with Crippen LogP contribution in [0.4, 0.5) is 8.78 Å². The van der Waals surface area contributed by atoms with E-state index in [-0.39, 0.29) is 12.4 Å². The molecule has 0 bridgehead atoms. The Labute approximate surface area is 99.0 Å². The van der Waals surface area contributed by atoms with Crippen LogP contribution in [0.1, 0.15) is 6.92 Å². The Hall–Kier alpha value is -1.91. The van der Waals surface area contributed by atoms with Gasteiger partial charge in [0.05, 0.1) is 5.70 Å². The molecule has 0 heterocycles. The summed E-state index contributed by atoms with van der Waals surface area (Å²) < 4.78 is 31.0. The van der Waals surface area contributed by atoms with Gasteiger partial charge in [-0.2, -0.15) is 5.10 Å². The fourth-order valence-corrected chi connectivity index (χ4v) is 1.22. The van der Waals surface area contributed by atoms with E-state index >= 15 is 0 Å². The molecule has 0 N–H and O–H groups in total. The largest absolute Gasteiger partial charge is 0.487 e. The van der Waals surface area contributed by atoms with Gasteiger partial charge in [-0.15, -0.1) is 0 Å². The highest BCUT2D eigenvalue weighted by Crippen LogP contribution is 2.16. The van der Waals surface area contributed by atoms with Crippen LogP contribution in [0, 0.1) is 11.6 Å². The summed E-state index contributed by atoms with van der Waals surface area (Å²) in [6.45, 7) is 5.35. The van der Waals surface area contributed by atoms with E-state index in [1.165, 1.54) is 5.01 Å². The van der Waals surface area contributed by atoms with Crippen LogP contribution in [0.5, 0.6) is 5.75 Å². The van der Waals surface area contributed by atoms with Gasteiger partial charge in [-0.1, -0.05) is 6.08 Å². The van der Waals surface area contributed by atoms with Gasteiger partial charge in [0.25, 0.3) is 0 Å². The van der Waals surface area contributed by atoms with Crippen LogP contribution in [0.15, 0.2) is 35.1 Å². The van der Waals surface area contributed by atoms with Gasteiger partial charge in [0, 0.05) is 32.0 Å². The predicted octanol–water partition coefficient (Wildman–Crippen LogP) is 2.79. The van der Waals surface area contributed by atoms with Crippen molar-refractivity contribution >= 4 is 6.72 Å². The van der Waals surface area contributed by atoms with Crippen LogP contribution in [0.2, 0.25) is 0 Å². The Morgan fingerprint density at radius 3 is 2.47 bits per heavy atom. The van der Waals surface area contributed by atoms with Crippen LogP contribution < -0.4 is 4.74 Å². The van der Waals surface area contributed by atoms with Crippen molar-refractivity contribution < 1.29 is 13.5 Å². The summed E-state index contributed by atoms with van der Waals surface area (Å²) >= 11 is 0. The Morgan fingerprint density at radius 2 is 2.00 bits per heavy atom. The Balaban J connectivity index is 2.69. The molecule has 0 amide bonds. The lowest BCUT2D eigenvalue weighted by Crippen LogP contribution is -2.16. The van der Waals surface area contributed by atoms with Crippen LogP contribution >= 0.6 is 0 Å². The third kappa shape index (κ3) is 3.86. The monoisotopic (exact) mass is 240 g/mol. The molecule has 17 heavy (non-hydrogen) atoms. The molecular formula is C12H14F2N2O. The van der Waals surface area contributed by atoms with E-state index in [0.29, 0.717) is 0 Å². The standard InChI is InChI=1S/C12H14F2N2O/c1-4-11(16(3)15-2)8-17-12-6-9(13)5-10(14)7-12/h4-7H,2,8H2,1,3H3/b11-4-. The van der Waals surface area contributed by atoms with Crippen LogP contribution in [-0.4, -0.2) is 25.4 Å². The van der Waals surface area contributed by atoms with Gasteiger partial charge in [-0.3, -0.25) is 5.01 Å². The SMILES string of the molecule is C=NN(C)/C(=C\C)COc1cc(F)cc(F)c1. The van der Waals surface area contributed by atoms with Gasteiger partial charge in [-0.05, 0) is 6.92 Å². The Kier molecular flexibility index (Phi) is 4.63. The number of allylic oxidation sites excluding steroid dienone is 1. The molecule has 0 spiro atoms. The van der Waals surface area contributed by atoms with E-state index in [2.05, 4.69) is 11.8 Å². The van der Waals surface area contributed by atoms with Crippen molar-refractivity contribution in [1.29, 1.82) is 0 Å². The smallest absolute Gasteiger partial charge is 0.129 e. The number of hydrazone groups is 1. The fourth-order valence-electron chi connectivity index (χ4n) is 1.22. The number of halogens is 2. The van der Waals surface area contributed by atoms with Gasteiger partial charge in [0.15, 0.2) is 0 Å². The molecule has 0 saturated heterocycles. The minimum Gasteiger partial charge on any atom is -0.487 e. The second-order valence-electron chi connectivity index (χ2n) is 3.34. The van der Waals surface area contributed by atoms with Gasteiger partial charge in [0.2, 0.25) is 0 Å². The number of benzene rings is 1. The van der Waals surface area contributed by atoms with E-state index < -0.39 is 11.6 Å². The third-order valence-electron chi connectivity index (χ3n) is 2.18. The number of hydrogen-bond donors (Lipinski definition) is 0. The molecule has 3 nitrogen and oxygen atoms in total. The lowest BCUT2D eigenvalue weighted by molar-refractivity contribution is 0.294. The topological polar surface area (TPSA) is 24.8 Å². The van der Waals surface area contributed by atoms with Crippen molar-refractivity contribution in [2.45, 2.75) is 6.92 Å². The summed E-state index contributed by atoms with van der Waals surface area (Å²) in [5, 5.41) is 5.22. The first kappa shape index (κ1) is 13.2. The Bertz CT molecular complexity index is 412. The molecule has 0 atom stereocenters. The van der Waals surface area contributed by atoms with Crippen LogP contribution in [-0.2, 0) is 0 Å². The quantitative estimate of drug-likeness (QED) is 0.584. The number of ether oxygens (including phenoxy) is 1. The summed E-state index contributed by atoms with van der Waals surface area (Å²) in [5.74, 6) is -1.20. The van der Waals surface area contributed by atoms with E-state index in [0.717, 1.165) is 23.9 Å². The van der Waals surface area contributed by atoms with Crippen molar-refractivity contribution in [3.8, 4) is 5.75 Å². The number of hydrogen-bond acceptors (Lipinski definition) is 3. The van der Waals surface area contributed by atoms with Crippen molar-refractivity contribution in [1.82, 2.24) is 5.01 Å². The highest BCUT2D eigenvalue weighted by Gasteiger charge is 2.05. The van der Waals surface area contributed by atoms with Gasteiger partial charge in [-0.25, -0.2) is 8.78 Å². The van der Waals surface area contributed by atoms with E-state index in [9.17, 15) is 8.78 Å². The van der Waals surface area contributed by atoms with Gasteiger partial charge in [0.1, 0.15) is 24.0 Å². The first-order valence-corrected chi connectivity index (χ1v) is 5.01. The lowest BCUT2D eigenvalue weighted by Gasteiger charge is -2.16. The second kappa shape index (κ2) is 5.98. The molecule has 0 aromatic heterocycles. The van der Waals surface area contributed by atoms with Crippen molar-refractivity contribution in [3.63, 3.8) is 0 Å². The maximum absolute atomic E-state index is 12.9. The maximum atomic E-state index is 12.9. The molecule has 0 aliphatic carbocycles. The first-order valence-electron chi connectivity index (χ1n) is 5.01. The highest BCUT2D eigenvalue weighted by atomic mass is 19.1. The van der Waals surface area contributed by atoms with Gasteiger partial charge >= 0.3 is 0 Å². The zero-order chi connectivity index (χ0) is 12.8. The second-order valence-corrected chi connectivity index (χ2v) is 3.34. The molecule has 0 aliphatic rings. The molecule has 1 rings (SSSR count). The number of nitrogens with zero attached hydrogens (tertiary/aromatic N) is 2. The Morgan fingerprint density at radius 1 is 1.41 bits per heavy atom. The minimum atomic E-state index is -0.669. The minimum absolute atomic E-state index is 0.138. The fraction of sp³-hybridized carbons (Fsp3) is 0.250. The maximum Gasteiger partial charge on any atom is 0.129 e. The summed E-state index contributed by atoms with van der Waals surface area (Å²) in [7, 11) is 1.71. The summed E-state index contributed by atoms with van der Waals surface area (Å²) in [5.41, 5.74) is 0.740. The highest BCUT2D eigenvalue weighted by molar-refractivity contribution is 5.25. The van der Waals surface area contributed by atoms with Crippen molar-refractivity contribution in [3.05, 3.63) is 41.6 Å². The molecule has 92 valence electrons. The summed E-state index contributed by atoms with van der Waals surface area (Å²) in [6.07, 6.45) is 1.78. The van der Waals surface area contributed by atoms with E-state index in [1.807, 2.05) is 6.92 Å². The first-order chi connectivity index (χ1) is 8.06. The predicted molar refractivity (Wildman–Crippen MR) is 62.9 cm³/mol. The van der Waals surface area contributed by atoms with Gasteiger partial charge < -0.3 is 4.74 Å². The average molecular weight is 240 g/mol. The number of likely N-dealkylation sites (N-methyl/N-ethyl adjacent to an activating group) is 1. The molecule has 5 heteroatoms. The molecule has 0 fully saturated rings. The van der Waals surface area contributed by atoms with E-state index in [1.54, 1.807) is 13.1 Å². The zero-order valence-corrected chi connectivity index (χ0v) is 9.78. The summed E-state index contributed by atoms with van der Waals surface area (Å²) in [6, 6.07) is 3.04. The van der Waals surface area contributed by atoms with Crippen molar-refractivity contribution in [2.24, 2.45) is 5.10 Å². The van der Waals surface area contributed by atoms with Crippen LogP contribution in [0.3, 0.4) is 0 Å². The molecule has 0 saturated carbocycles. The average Bonchev–Trinajstić information content (AvgIpc) is 2.28. The normalized spacial score (nSPS) is 11.2. The lowest BCUT2D eigenvalue weighted by atomic mass is 10.3. The summed E-state index contributed by atoms with van der Waals surface area (Å²) in [4.78, 5) is 0. The molecular weight excluding hydrogens is 226 g/mol. The van der Waals surface area contributed by atoms with E-state index in [4.69, 9.17) is 4.74 Å². The molecule has 0 aliphatic heterocycles. The zero-order valence-electron chi connectivity index (χ0n) is 9.78. The molecule has 0 radical (unpaired) electrons. The molecule has 0 unspecified atom stereocenters.